The van der Waals surface area contributed by atoms with Crippen LogP contribution in [0.2, 0.25) is 0 Å². The Hall–Kier alpha value is -1.92. The van der Waals surface area contributed by atoms with Gasteiger partial charge in [-0.3, -0.25) is 4.99 Å². The zero-order chi connectivity index (χ0) is 17.8. The quantitative estimate of drug-likeness (QED) is 0.409. The van der Waals surface area contributed by atoms with E-state index in [1.807, 2.05) is 31.2 Å². The van der Waals surface area contributed by atoms with Crippen LogP contribution in [0.25, 0.3) is 0 Å². The van der Waals surface area contributed by atoms with E-state index in [0.717, 1.165) is 17.7 Å². The fourth-order valence-electron chi connectivity index (χ4n) is 2.19. The molecule has 1 rings (SSSR count). The lowest BCUT2D eigenvalue weighted by molar-refractivity contribution is -0.135. The fraction of sp³-hybridized carbons (Fsp3) is 0.588. The van der Waals surface area contributed by atoms with Gasteiger partial charge in [-0.05, 0) is 37.8 Å². The van der Waals surface area contributed by atoms with Gasteiger partial charge in [-0.1, -0.05) is 18.2 Å². The summed E-state index contributed by atoms with van der Waals surface area (Å²) in [4.78, 5) is 4.30. The van der Waals surface area contributed by atoms with E-state index in [-0.39, 0.29) is 6.42 Å². The van der Waals surface area contributed by atoms with Gasteiger partial charge in [0.25, 0.3) is 0 Å². The van der Waals surface area contributed by atoms with Crippen molar-refractivity contribution in [3.8, 4) is 5.75 Å². The number of halogens is 3. The Morgan fingerprint density at radius 1 is 1.17 bits per heavy atom. The molecule has 0 aliphatic carbocycles. The number of nitrogens with zero attached hydrogens (tertiary/aromatic N) is 1. The van der Waals surface area contributed by atoms with Gasteiger partial charge in [0.05, 0.1) is 7.11 Å². The van der Waals surface area contributed by atoms with E-state index in [1.165, 1.54) is 0 Å². The van der Waals surface area contributed by atoms with E-state index in [2.05, 4.69) is 15.6 Å². The summed E-state index contributed by atoms with van der Waals surface area (Å²) in [6.07, 6.45) is -3.54. The standard InChI is InChI=1S/C17H26F3N3O/c1-3-21-16(22-12-7-6-11-17(18,19)20)23-13-10-14-8-4-5-9-15(14)24-2/h4-5,8-9H,3,6-7,10-13H2,1-2H3,(H2,21,22,23). The van der Waals surface area contributed by atoms with Gasteiger partial charge in [-0.2, -0.15) is 13.2 Å². The largest absolute Gasteiger partial charge is 0.496 e. The first kappa shape index (κ1) is 20.1. The molecule has 0 heterocycles. The summed E-state index contributed by atoms with van der Waals surface area (Å²) in [5, 5.41) is 6.28. The summed E-state index contributed by atoms with van der Waals surface area (Å²) < 4.78 is 41.5. The molecule has 0 amide bonds. The third-order valence-corrected chi connectivity index (χ3v) is 3.36. The van der Waals surface area contributed by atoms with Crippen LogP contribution < -0.4 is 15.4 Å². The second kappa shape index (κ2) is 10.8. The topological polar surface area (TPSA) is 45.7 Å². The zero-order valence-electron chi connectivity index (χ0n) is 14.2. The molecule has 0 spiro atoms. The highest BCUT2D eigenvalue weighted by molar-refractivity contribution is 5.79. The number of guanidine groups is 1. The number of methoxy groups -OCH3 is 1. The minimum atomic E-state index is -4.08. The first-order valence-corrected chi connectivity index (χ1v) is 8.17. The lowest BCUT2D eigenvalue weighted by Gasteiger charge is -2.13. The molecular weight excluding hydrogens is 319 g/mol. The third kappa shape index (κ3) is 8.64. The Balaban J connectivity index is 2.38. The molecule has 0 fully saturated rings. The maximum Gasteiger partial charge on any atom is 0.389 e. The lowest BCUT2D eigenvalue weighted by atomic mass is 10.1. The van der Waals surface area contributed by atoms with Crippen molar-refractivity contribution in [2.24, 2.45) is 4.99 Å². The van der Waals surface area contributed by atoms with Gasteiger partial charge in [-0.15, -0.1) is 0 Å². The zero-order valence-corrected chi connectivity index (χ0v) is 14.2. The molecule has 0 saturated carbocycles. The van der Waals surface area contributed by atoms with Crippen molar-refractivity contribution in [1.82, 2.24) is 10.6 Å². The van der Waals surface area contributed by atoms with E-state index >= 15 is 0 Å². The smallest absolute Gasteiger partial charge is 0.389 e. The Kier molecular flexibility index (Phi) is 9.04. The average Bonchev–Trinajstić information content (AvgIpc) is 2.54. The van der Waals surface area contributed by atoms with Crippen molar-refractivity contribution in [1.29, 1.82) is 0 Å². The van der Waals surface area contributed by atoms with Crippen molar-refractivity contribution in [3.63, 3.8) is 0 Å². The summed E-state index contributed by atoms with van der Waals surface area (Å²) >= 11 is 0. The molecule has 2 N–H and O–H groups in total. The molecule has 1 aromatic rings. The highest BCUT2D eigenvalue weighted by Gasteiger charge is 2.25. The monoisotopic (exact) mass is 345 g/mol. The van der Waals surface area contributed by atoms with Gasteiger partial charge in [-0.25, -0.2) is 0 Å². The second-order valence-electron chi connectivity index (χ2n) is 5.32. The molecule has 0 radical (unpaired) electrons. The SMILES string of the molecule is CCNC(=NCCCCC(F)(F)F)NCCc1ccccc1OC. The van der Waals surface area contributed by atoms with Crippen molar-refractivity contribution in [3.05, 3.63) is 29.8 Å². The third-order valence-electron chi connectivity index (χ3n) is 3.36. The van der Waals surface area contributed by atoms with Crippen LogP contribution in [0.15, 0.2) is 29.3 Å². The molecule has 24 heavy (non-hydrogen) atoms. The fourth-order valence-corrected chi connectivity index (χ4v) is 2.19. The molecule has 0 aliphatic rings. The number of aliphatic imine (C=N–C) groups is 1. The molecule has 136 valence electrons. The van der Waals surface area contributed by atoms with E-state index in [9.17, 15) is 13.2 Å². The van der Waals surface area contributed by atoms with Crippen LogP contribution in [0.5, 0.6) is 5.75 Å². The minimum absolute atomic E-state index is 0.105. The molecule has 0 atom stereocenters. The predicted octanol–water partition coefficient (Wildman–Crippen LogP) is 3.53. The molecule has 0 aromatic heterocycles. The lowest BCUT2D eigenvalue weighted by Crippen LogP contribution is -2.38. The maximum absolute atomic E-state index is 12.1. The first-order valence-electron chi connectivity index (χ1n) is 8.17. The summed E-state index contributed by atoms with van der Waals surface area (Å²) in [5.41, 5.74) is 1.09. The van der Waals surface area contributed by atoms with Gasteiger partial charge in [0.1, 0.15) is 5.75 Å². The highest BCUT2D eigenvalue weighted by Crippen LogP contribution is 2.22. The summed E-state index contributed by atoms with van der Waals surface area (Å²) in [6, 6.07) is 7.79. The van der Waals surface area contributed by atoms with Crippen LogP contribution >= 0.6 is 0 Å². The number of para-hydroxylation sites is 1. The van der Waals surface area contributed by atoms with Crippen molar-refractivity contribution >= 4 is 5.96 Å². The van der Waals surface area contributed by atoms with Crippen LogP contribution in [-0.2, 0) is 6.42 Å². The molecule has 1 aromatic carbocycles. The van der Waals surface area contributed by atoms with Crippen molar-refractivity contribution in [2.45, 2.75) is 38.8 Å². The first-order chi connectivity index (χ1) is 11.5. The Bertz CT molecular complexity index is 504. The normalized spacial score (nSPS) is 12.1. The molecule has 0 bridgehead atoms. The van der Waals surface area contributed by atoms with Crippen molar-refractivity contribution < 1.29 is 17.9 Å². The van der Waals surface area contributed by atoms with Crippen LogP contribution in [0.3, 0.4) is 0 Å². The van der Waals surface area contributed by atoms with Crippen LogP contribution in [0.4, 0.5) is 13.2 Å². The molecule has 4 nitrogen and oxygen atoms in total. The molecule has 0 unspecified atom stereocenters. The molecule has 0 aliphatic heterocycles. The second-order valence-corrected chi connectivity index (χ2v) is 5.32. The van der Waals surface area contributed by atoms with E-state index in [1.54, 1.807) is 7.11 Å². The number of rotatable bonds is 9. The minimum Gasteiger partial charge on any atom is -0.496 e. The van der Waals surface area contributed by atoms with Gasteiger partial charge in [0, 0.05) is 26.1 Å². The Morgan fingerprint density at radius 3 is 2.58 bits per heavy atom. The molecule has 0 saturated heterocycles. The predicted molar refractivity (Wildman–Crippen MR) is 90.6 cm³/mol. The number of benzene rings is 1. The van der Waals surface area contributed by atoms with Gasteiger partial charge in [0.2, 0.25) is 0 Å². The van der Waals surface area contributed by atoms with E-state index in [0.29, 0.717) is 32.0 Å². The van der Waals surface area contributed by atoms with E-state index < -0.39 is 12.6 Å². The molecule has 7 heteroatoms. The Morgan fingerprint density at radius 2 is 1.92 bits per heavy atom. The average molecular weight is 345 g/mol. The summed E-state index contributed by atoms with van der Waals surface area (Å²) in [6.45, 7) is 3.68. The highest BCUT2D eigenvalue weighted by atomic mass is 19.4. The number of alkyl halides is 3. The molecular formula is C17H26F3N3O. The van der Waals surface area contributed by atoms with E-state index in [4.69, 9.17) is 4.74 Å². The number of hydrogen-bond donors (Lipinski definition) is 2. The number of nitrogens with one attached hydrogen (secondary N) is 2. The van der Waals surface area contributed by atoms with Gasteiger partial charge >= 0.3 is 6.18 Å². The number of hydrogen-bond acceptors (Lipinski definition) is 2. The van der Waals surface area contributed by atoms with Gasteiger partial charge in [0.15, 0.2) is 5.96 Å². The number of ether oxygens (including phenoxy) is 1. The van der Waals surface area contributed by atoms with Gasteiger partial charge < -0.3 is 15.4 Å². The van der Waals surface area contributed by atoms with Crippen LogP contribution in [-0.4, -0.2) is 38.9 Å². The van der Waals surface area contributed by atoms with Crippen LogP contribution in [0.1, 0.15) is 31.7 Å². The Labute approximate surface area is 141 Å². The maximum atomic E-state index is 12.1. The summed E-state index contributed by atoms with van der Waals surface area (Å²) in [7, 11) is 1.64. The van der Waals surface area contributed by atoms with Crippen LogP contribution in [0, 0.1) is 0 Å². The number of unbranched alkanes of at least 4 members (excludes halogenated alkanes) is 1. The summed E-state index contributed by atoms with van der Waals surface area (Å²) in [5.74, 6) is 1.47. The van der Waals surface area contributed by atoms with Crippen molar-refractivity contribution in [2.75, 3.05) is 26.7 Å².